The van der Waals surface area contributed by atoms with E-state index >= 15 is 0 Å². The Balaban J connectivity index is 1.83. The summed E-state index contributed by atoms with van der Waals surface area (Å²) in [6, 6.07) is 12.0. The lowest BCUT2D eigenvalue weighted by Gasteiger charge is -2.18. The first kappa shape index (κ1) is 17.4. The van der Waals surface area contributed by atoms with Gasteiger partial charge in [0.2, 0.25) is 0 Å². The molecule has 0 N–H and O–H groups in total. The van der Waals surface area contributed by atoms with Crippen molar-refractivity contribution >= 4 is 10.0 Å². The Kier molecular flexibility index (Phi) is 4.78. The van der Waals surface area contributed by atoms with E-state index in [-0.39, 0.29) is 4.90 Å². The smallest absolute Gasteiger partial charge is 0.267 e. The van der Waals surface area contributed by atoms with Crippen LogP contribution in [0, 0.1) is 13.8 Å². The van der Waals surface area contributed by atoms with Crippen molar-refractivity contribution in [2.24, 2.45) is 0 Å². The Bertz CT molecular complexity index is 939. The van der Waals surface area contributed by atoms with Gasteiger partial charge in [-0.25, -0.2) is 12.4 Å². The van der Waals surface area contributed by atoms with E-state index in [1.165, 1.54) is 3.97 Å². The standard InChI is InChI=1S/C18H21N3O3S/c1-14-18(15(2)24-19-14)13-20(3)12-16-8-7-11-21(16)25(22,23)17-9-5-4-6-10-17/h4-11H,12-13H2,1-3H3. The minimum Gasteiger partial charge on any atom is -0.361 e. The van der Waals surface area contributed by atoms with Crippen LogP contribution in [0.3, 0.4) is 0 Å². The fourth-order valence-corrected chi connectivity index (χ4v) is 4.18. The third-order valence-electron chi connectivity index (χ3n) is 4.13. The summed E-state index contributed by atoms with van der Waals surface area (Å²) in [6.07, 6.45) is 1.58. The van der Waals surface area contributed by atoms with Crippen molar-refractivity contribution in [1.82, 2.24) is 14.0 Å². The first-order valence-electron chi connectivity index (χ1n) is 7.96. The highest BCUT2D eigenvalue weighted by Gasteiger charge is 2.20. The summed E-state index contributed by atoms with van der Waals surface area (Å²) in [5.74, 6) is 0.789. The molecule has 132 valence electrons. The molecule has 0 bridgehead atoms. The second kappa shape index (κ2) is 6.85. The maximum Gasteiger partial charge on any atom is 0.267 e. The van der Waals surface area contributed by atoms with Crippen molar-refractivity contribution in [3.8, 4) is 0 Å². The third-order valence-corrected chi connectivity index (χ3v) is 5.88. The van der Waals surface area contributed by atoms with Crippen LogP contribution in [0.4, 0.5) is 0 Å². The highest BCUT2D eigenvalue weighted by atomic mass is 32.2. The highest BCUT2D eigenvalue weighted by Crippen LogP contribution is 2.19. The predicted molar refractivity (Wildman–Crippen MR) is 94.6 cm³/mol. The Labute approximate surface area is 147 Å². The molecule has 0 saturated heterocycles. The fourth-order valence-electron chi connectivity index (χ4n) is 2.79. The van der Waals surface area contributed by atoms with Crippen molar-refractivity contribution in [1.29, 1.82) is 0 Å². The highest BCUT2D eigenvalue weighted by molar-refractivity contribution is 7.90. The van der Waals surface area contributed by atoms with Crippen LogP contribution in [0.15, 0.2) is 58.1 Å². The molecule has 3 aromatic rings. The maximum absolute atomic E-state index is 12.8. The van der Waals surface area contributed by atoms with Crippen LogP contribution < -0.4 is 0 Å². The number of hydrogen-bond acceptors (Lipinski definition) is 5. The first-order valence-corrected chi connectivity index (χ1v) is 9.41. The molecule has 0 aliphatic heterocycles. The minimum absolute atomic E-state index is 0.279. The van der Waals surface area contributed by atoms with Gasteiger partial charge in [-0.2, -0.15) is 0 Å². The van der Waals surface area contributed by atoms with Crippen molar-refractivity contribution in [3.05, 3.63) is 71.4 Å². The Hall–Kier alpha value is -2.38. The Morgan fingerprint density at radius 2 is 1.80 bits per heavy atom. The van der Waals surface area contributed by atoms with Gasteiger partial charge in [-0.15, -0.1) is 0 Å². The van der Waals surface area contributed by atoms with E-state index in [0.717, 1.165) is 17.0 Å². The molecule has 3 rings (SSSR count). The summed E-state index contributed by atoms with van der Waals surface area (Å²) in [7, 11) is -1.65. The second-order valence-corrected chi connectivity index (χ2v) is 7.90. The van der Waals surface area contributed by atoms with Crippen molar-refractivity contribution in [2.75, 3.05) is 7.05 Å². The molecule has 1 aromatic carbocycles. The molecule has 0 aliphatic rings. The van der Waals surface area contributed by atoms with Crippen molar-refractivity contribution < 1.29 is 12.9 Å². The summed E-state index contributed by atoms with van der Waals surface area (Å²) in [6.45, 7) is 4.91. The number of hydrogen-bond donors (Lipinski definition) is 0. The van der Waals surface area contributed by atoms with E-state index in [4.69, 9.17) is 4.52 Å². The molecule has 0 atom stereocenters. The molecule has 0 unspecified atom stereocenters. The predicted octanol–water partition coefficient (Wildman–Crippen LogP) is 2.96. The Morgan fingerprint density at radius 1 is 1.08 bits per heavy atom. The van der Waals surface area contributed by atoms with Gasteiger partial charge in [0.1, 0.15) is 5.76 Å². The molecule has 0 saturated carbocycles. The first-order chi connectivity index (χ1) is 11.9. The topological polar surface area (TPSA) is 68.3 Å². The maximum atomic E-state index is 12.8. The zero-order chi connectivity index (χ0) is 18.0. The molecule has 2 aromatic heterocycles. The molecule has 2 heterocycles. The quantitative estimate of drug-likeness (QED) is 0.677. The van der Waals surface area contributed by atoms with Gasteiger partial charge in [0.15, 0.2) is 0 Å². The lowest BCUT2D eigenvalue weighted by molar-refractivity contribution is 0.310. The van der Waals surface area contributed by atoms with Gasteiger partial charge < -0.3 is 4.52 Å². The number of aromatic nitrogens is 2. The SMILES string of the molecule is Cc1noc(C)c1CN(C)Cc1cccn1S(=O)(=O)c1ccccc1. The van der Waals surface area contributed by atoms with Gasteiger partial charge in [-0.3, -0.25) is 4.90 Å². The monoisotopic (exact) mass is 359 g/mol. The van der Waals surface area contributed by atoms with Crippen LogP contribution in [-0.4, -0.2) is 29.5 Å². The minimum atomic E-state index is -3.59. The number of aryl methyl sites for hydroxylation is 2. The van der Waals surface area contributed by atoms with E-state index in [1.807, 2.05) is 31.9 Å². The van der Waals surface area contributed by atoms with Crippen LogP contribution in [-0.2, 0) is 23.1 Å². The molecule has 7 heteroatoms. The van der Waals surface area contributed by atoms with E-state index < -0.39 is 10.0 Å². The second-order valence-electron chi connectivity index (χ2n) is 6.09. The average molecular weight is 359 g/mol. The fraction of sp³-hybridized carbons (Fsp3) is 0.278. The summed E-state index contributed by atoms with van der Waals surface area (Å²) in [4.78, 5) is 2.32. The number of nitrogens with zero attached hydrogens (tertiary/aromatic N) is 3. The van der Waals surface area contributed by atoms with Gasteiger partial charge >= 0.3 is 0 Å². The van der Waals surface area contributed by atoms with Gasteiger partial charge in [0.25, 0.3) is 10.0 Å². The third kappa shape index (κ3) is 3.52. The average Bonchev–Trinajstić information content (AvgIpc) is 3.18. The van der Waals surface area contributed by atoms with Crippen molar-refractivity contribution in [3.63, 3.8) is 0 Å². The van der Waals surface area contributed by atoms with Gasteiger partial charge in [0.05, 0.1) is 10.6 Å². The lowest BCUT2D eigenvalue weighted by atomic mass is 10.2. The summed E-state index contributed by atoms with van der Waals surface area (Å²) >= 11 is 0. The number of benzene rings is 1. The Morgan fingerprint density at radius 3 is 2.44 bits per heavy atom. The summed E-state index contributed by atoms with van der Waals surface area (Å²) in [5, 5.41) is 3.96. The van der Waals surface area contributed by atoms with Gasteiger partial charge in [-0.1, -0.05) is 23.4 Å². The summed E-state index contributed by atoms with van der Waals surface area (Å²) < 4.78 is 32.2. The zero-order valence-electron chi connectivity index (χ0n) is 14.5. The van der Waals surface area contributed by atoms with E-state index in [2.05, 4.69) is 5.16 Å². The van der Waals surface area contributed by atoms with Crippen LogP contribution in [0.2, 0.25) is 0 Å². The van der Waals surface area contributed by atoms with Crippen LogP contribution in [0.25, 0.3) is 0 Å². The van der Waals surface area contributed by atoms with Crippen molar-refractivity contribution in [2.45, 2.75) is 31.8 Å². The lowest BCUT2D eigenvalue weighted by Crippen LogP contribution is -2.22. The molecular weight excluding hydrogens is 338 g/mol. The molecule has 0 radical (unpaired) electrons. The van der Waals surface area contributed by atoms with Gasteiger partial charge in [0, 0.05) is 30.5 Å². The summed E-state index contributed by atoms with van der Waals surface area (Å²) in [5.41, 5.74) is 2.60. The molecule has 0 fully saturated rings. The van der Waals surface area contributed by atoms with E-state index in [1.54, 1.807) is 42.6 Å². The largest absolute Gasteiger partial charge is 0.361 e. The normalized spacial score (nSPS) is 12.0. The zero-order valence-corrected chi connectivity index (χ0v) is 15.3. The molecule has 6 nitrogen and oxygen atoms in total. The van der Waals surface area contributed by atoms with E-state index in [9.17, 15) is 8.42 Å². The van der Waals surface area contributed by atoms with Crippen LogP contribution in [0.1, 0.15) is 22.7 Å². The van der Waals surface area contributed by atoms with Crippen LogP contribution >= 0.6 is 0 Å². The van der Waals surface area contributed by atoms with E-state index in [0.29, 0.717) is 18.8 Å². The van der Waals surface area contributed by atoms with Crippen LogP contribution in [0.5, 0.6) is 0 Å². The van der Waals surface area contributed by atoms with Gasteiger partial charge in [-0.05, 0) is 45.2 Å². The molecule has 25 heavy (non-hydrogen) atoms. The molecule has 0 spiro atoms. The number of rotatable bonds is 6. The molecule has 0 amide bonds. The molecule has 0 aliphatic carbocycles. The molecular formula is C18H21N3O3S.